The van der Waals surface area contributed by atoms with E-state index in [9.17, 15) is 9.59 Å². The van der Waals surface area contributed by atoms with Gasteiger partial charge in [-0.1, -0.05) is 19.3 Å². The summed E-state index contributed by atoms with van der Waals surface area (Å²) in [5.74, 6) is -2.03. The minimum absolute atomic E-state index is 0.418. The van der Waals surface area contributed by atoms with E-state index in [-0.39, 0.29) is 0 Å². The smallest absolute Gasteiger partial charge is 0.394 e. The summed E-state index contributed by atoms with van der Waals surface area (Å²) in [4.78, 5) is 25.7. The summed E-state index contributed by atoms with van der Waals surface area (Å²) in [6.45, 7) is 0. The number of carboxylic acids is 1. The Bertz CT molecular complexity index is 436. The number of nitrogens with zero attached hydrogens (tertiary/aromatic N) is 1. The monoisotopic (exact) mass is 248 g/mol. The van der Waals surface area contributed by atoms with Gasteiger partial charge in [-0.25, -0.2) is 4.79 Å². The van der Waals surface area contributed by atoms with E-state index in [0.717, 1.165) is 18.5 Å². The molecule has 18 heavy (non-hydrogen) atoms. The lowest BCUT2D eigenvalue weighted by atomic mass is 9.87. The first-order chi connectivity index (χ1) is 8.66. The zero-order chi connectivity index (χ0) is 13.0. The molecule has 0 atom stereocenters. The number of rotatable bonds is 2. The van der Waals surface area contributed by atoms with Gasteiger partial charge in [0.25, 0.3) is 0 Å². The fourth-order valence-electron chi connectivity index (χ4n) is 2.30. The molecule has 1 aromatic rings. The lowest BCUT2D eigenvalue weighted by Crippen LogP contribution is -2.21. The van der Waals surface area contributed by atoms with Crippen molar-refractivity contribution in [1.82, 2.24) is 4.98 Å². The first-order valence-corrected chi connectivity index (χ1v) is 6.17. The summed E-state index contributed by atoms with van der Waals surface area (Å²) >= 11 is 0. The third-order valence-electron chi connectivity index (χ3n) is 3.26. The van der Waals surface area contributed by atoms with E-state index in [2.05, 4.69) is 10.3 Å². The zero-order valence-corrected chi connectivity index (χ0v) is 10.1. The van der Waals surface area contributed by atoms with E-state index in [0.29, 0.717) is 11.6 Å². The number of aliphatic carboxylic acids is 1. The number of hydrogen-bond donors (Lipinski definition) is 2. The molecule has 0 aliphatic heterocycles. The van der Waals surface area contributed by atoms with Crippen molar-refractivity contribution in [3.8, 4) is 0 Å². The van der Waals surface area contributed by atoms with E-state index in [4.69, 9.17) is 5.11 Å². The van der Waals surface area contributed by atoms with Crippen molar-refractivity contribution < 1.29 is 14.7 Å². The fraction of sp³-hybridized carbons (Fsp3) is 0.462. The molecule has 0 radical (unpaired) electrons. The van der Waals surface area contributed by atoms with Gasteiger partial charge < -0.3 is 10.4 Å². The maximum atomic E-state index is 11.0. The number of aromatic nitrogens is 1. The summed E-state index contributed by atoms with van der Waals surface area (Å²) in [7, 11) is 0. The Hall–Kier alpha value is -1.91. The Labute approximate surface area is 105 Å². The van der Waals surface area contributed by atoms with Gasteiger partial charge in [-0.2, -0.15) is 0 Å². The molecule has 2 rings (SSSR count). The van der Waals surface area contributed by atoms with E-state index in [1.54, 1.807) is 6.07 Å². The minimum Gasteiger partial charge on any atom is -0.474 e. The second-order valence-electron chi connectivity index (χ2n) is 4.57. The molecule has 1 aliphatic carbocycles. The lowest BCUT2D eigenvalue weighted by Gasteiger charge is -2.20. The highest BCUT2D eigenvalue weighted by molar-refractivity contribution is 6.36. The number of amides is 1. The SMILES string of the molecule is O=C(O)C(=O)Nc1ccc(C2CCCCC2)nc1. The number of carbonyl (C=O) groups excluding carboxylic acids is 1. The molecule has 0 unspecified atom stereocenters. The quantitative estimate of drug-likeness (QED) is 0.786. The van der Waals surface area contributed by atoms with Gasteiger partial charge in [0.1, 0.15) is 0 Å². The average Bonchev–Trinajstić information content (AvgIpc) is 2.40. The van der Waals surface area contributed by atoms with Gasteiger partial charge in [0.05, 0.1) is 11.9 Å². The Balaban J connectivity index is 2.00. The predicted octanol–water partition coefficient (Wildman–Crippen LogP) is 2.15. The van der Waals surface area contributed by atoms with Crippen LogP contribution in [0, 0.1) is 0 Å². The molecule has 0 saturated heterocycles. The number of carboxylic acid groups (broad SMARTS) is 1. The number of nitrogens with one attached hydrogen (secondary N) is 1. The van der Waals surface area contributed by atoms with Gasteiger partial charge in [-0.15, -0.1) is 0 Å². The number of carbonyl (C=O) groups is 2. The number of anilines is 1. The Morgan fingerprint density at radius 2 is 1.94 bits per heavy atom. The van der Waals surface area contributed by atoms with Crippen LogP contribution in [0.3, 0.4) is 0 Å². The molecule has 0 aromatic carbocycles. The van der Waals surface area contributed by atoms with Crippen molar-refractivity contribution in [2.45, 2.75) is 38.0 Å². The van der Waals surface area contributed by atoms with Crippen molar-refractivity contribution in [2.75, 3.05) is 5.32 Å². The molecular weight excluding hydrogens is 232 g/mol. The number of pyridine rings is 1. The van der Waals surface area contributed by atoms with Crippen molar-refractivity contribution in [2.24, 2.45) is 0 Å². The number of hydrogen-bond acceptors (Lipinski definition) is 3. The van der Waals surface area contributed by atoms with Crippen LogP contribution >= 0.6 is 0 Å². The van der Waals surface area contributed by atoms with Crippen LogP contribution in [0.2, 0.25) is 0 Å². The molecule has 5 nitrogen and oxygen atoms in total. The first kappa shape index (κ1) is 12.5. The van der Waals surface area contributed by atoms with E-state index in [1.807, 2.05) is 6.07 Å². The third-order valence-corrected chi connectivity index (χ3v) is 3.26. The molecule has 1 heterocycles. The van der Waals surface area contributed by atoms with Crippen LogP contribution in [0.5, 0.6) is 0 Å². The molecule has 1 saturated carbocycles. The highest BCUT2D eigenvalue weighted by atomic mass is 16.4. The Morgan fingerprint density at radius 1 is 1.22 bits per heavy atom. The largest absolute Gasteiger partial charge is 0.474 e. The molecule has 2 N–H and O–H groups in total. The molecule has 1 aromatic heterocycles. The molecule has 0 spiro atoms. The molecule has 5 heteroatoms. The molecule has 1 amide bonds. The van der Waals surface area contributed by atoms with Crippen molar-refractivity contribution in [3.05, 3.63) is 24.0 Å². The van der Waals surface area contributed by atoms with Gasteiger partial charge in [0, 0.05) is 11.6 Å². The van der Waals surface area contributed by atoms with Crippen LogP contribution in [0.25, 0.3) is 0 Å². The summed E-state index contributed by atoms with van der Waals surface area (Å²) in [5.41, 5.74) is 1.45. The molecule has 1 fully saturated rings. The van der Waals surface area contributed by atoms with Gasteiger partial charge in [0.2, 0.25) is 0 Å². The standard InChI is InChI=1S/C13H16N2O3/c16-12(13(17)18)15-10-6-7-11(14-8-10)9-4-2-1-3-5-9/h6-9H,1-5H2,(H,15,16)(H,17,18). The molecule has 1 aliphatic rings. The lowest BCUT2D eigenvalue weighted by molar-refractivity contribution is -0.147. The normalized spacial score (nSPS) is 16.2. The van der Waals surface area contributed by atoms with Gasteiger partial charge in [0.15, 0.2) is 0 Å². The van der Waals surface area contributed by atoms with E-state index < -0.39 is 11.9 Å². The van der Waals surface area contributed by atoms with Crippen LogP contribution in [0.1, 0.15) is 43.7 Å². The van der Waals surface area contributed by atoms with Crippen LogP contribution in [0.15, 0.2) is 18.3 Å². The first-order valence-electron chi connectivity index (χ1n) is 6.17. The Kier molecular flexibility index (Phi) is 3.92. The van der Waals surface area contributed by atoms with Crippen molar-refractivity contribution in [1.29, 1.82) is 0 Å². The summed E-state index contributed by atoms with van der Waals surface area (Å²) in [6.07, 6.45) is 7.61. The van der Waals surface area contributed by atoms with Crippen LogP contribution in [-0.2, 0) is 9.59 Å². The fourth-order valence-corrected chi connectivity index (χ4v) is 2.30. The summed E-state index contributed by atoms with van der Waals surface area (Å²) < 4.78 is 0. The van der Waals surface area contributed by atoms with Crippen molar-refractivity contribution >= 4 is 17.6 Å². The maximum Gasteiger partial charge on any atom is 0.394 e. The van der Waals surface area contributed by atoms with Gasteiger partial charge >= 0.3 is 11.9 Å². The average molecular weight is 248 g/mol. The van der Waals surface area contributed by atoms with Crippen LogP contribution in [-0.4, -0.2) is 22.0 Å². The molecule has 0 bridgehead atoms. The van der Waals surface area contributed by atoms with Crippen LogP contribution in [0.4, 0.5) is 5.69 Å². The van der Waals surface area contributed by atoms with Crippen LogP contribution < -0.4 is 5.32 Å². The minimum atomic E-state index is -1.49. The highest BCUT2D eigenvalue weighted by Gasteiger charge is 2.17. The summed E-state index contributed by atoms with van der Waals surface area (Å²) in [5, 5.41) is 10.7. The topological polar surface area (TPSA) is 79.3 Å². The summed E-state index contributed by atoms with van der Waals surface area (Å²) in [6, 6.07) is 3.57. The maximum absolute atomic E-state index is 11.0. The predicted molar refractivity (Wildman–Crippen MR) is 66.3 cm³/mol. The van der Waals surface area contributed by atoms with Gasteiger partial charge in [-0.05, 0) is 25.0 Å². The third kappa shape index (κ3) is 3.06. The highest BCUT2D eigenvalue weighted by Crippen LogP contribution is 2.31. The van der Waals surface area contributed by atoms with Crippen molar-refractivity contribution in [3.63, 3.8) is 0 Å². The van der Waals surface area contributed by atoms with E-state index in [1.165, 1.54) is 25.5 Å². The van der Waals surface area contributed by atoms with E-state index >= 15 is 0 Å². The zero-order valence-electron chi connectivity index (χ0n) is 10.1. The second-order valence-corrected chi connectivity index (χ2v) is 4.57. The molecule has 96 valence electrons. The van der Waals surface area contributed by atoms with Gasteiger partial charge in [-0.3, -0.25) is 9.78 Å². The molecular formula is C13H16N2O3. The Morgan fingerprint density at radius 3 is 2.50 bits per heavy atom. The second kappa shape index (κ2) is 5.62.